The lowest BCUT2D eigenvalue weighted by Gasteiger charge is -2.14. The fourth-order valence-corrected chi connectivity index (χ4v) is 3.14. The van der Waals surface area contributed by atoms with Crippen LogP contribution in [0.2, 0.25) is 10.0 Å². The molecule has 1 heterocycles. The zero-order valence-electron chi connectivity index (χ0n) is 15.7. The third-order valence-corrected chi connectivity index (χ3v) is 4.30. The zero-order chi connectivity index (χ0) is 21.0. The molecule has 3 aromatic rings. The van der Waals surface area contributed by atoms with Crippen molar-refractivity contribution in [3.63, 3.8) is 0 Å². The van der Waals surface area contributed by atoms with Crippen molar-refractivity contribution in [2.24, 2.45) is 0 Å². The van der Waals surface area contributed by atoms with Crippen LogP contribution < -0.4 is 14.2 Å². The van der Waals surface area contributed by atoms with E-state index in [0.717, 1.165) is 0 Å². The van der Waals surface area contributed by atoms with E-state index in [0.29, 0.717) is 21.2 Å². The second-order valence-electron chi connectivity index (χ2n) is 5.67. The molecule has 0 spiro atoms. The van der Waals surface area contributed by atoms with Crippen LogP contribution in [0.4, 0.5) is 0 Å². The number of rotatable bonds is 6. The monoisotopic (exact) mass is 434 g/mol. The smallest absolute Gasteiger partial charge is 0.342 e. The van der Waals surface area contributed by atoms with E-state index < -0.39 is 5.97 Å². The van der Waals surface area contributed by atoms with Gasteiger partial charge in [-0.3, -0.25) is 0 Å². The molecule has 3 rings (SSSR count). The highest BCUT2D eigenvalue weighted by molar-refractivity contribution is 6.35. The summed E-state index contributed by atoms with van der Waals surface area (Å²) in [6.45, 7) is 0. The minimum atomic E-state index is -0.610. The first-order valence-corrected chi connectivity index (χ1v) is 9.03. The average Bonchev–Trinajstić information content (AvgIpc) is 2.72. The standard InChI is InChI=1S/C20H16Cl2N2O5/c1-26-16-10-17(27-2)24-20(23-16)29-15-6-4-5-14(18(15)19(25)28-3)11-7-12(21)9-13(22)8-11/h4-10H,1-3H3. The Morgan fingerprint density at radius 3 is 2.07 bits per heavy atom. The number of carbonyl (C=O) groups is 1. The van der Waals surface area contributed by atoms with E-state index in [1.54, 1.807) is 36.4 Å². The third kappa shape index (κ3) is 4.70. The molecule has 1 aromatic heterocycles. The number of aromatic nitrogens is 2. The van der Waals surface area contributed by atoms with E-state index in [1.807, 2.05) is 0 Å². The normalized spacial score (nSPS) is 10.4. The number of methoxy groups -OCH3 is 3. The van der Waals surface area contributed by atoms with Crippen LogP contribution >= 0.6 is 23.2 Å². The van der Waals surface area contributed by atoms with Crippen molar-refractivity contribution in [3.8, 4) is 34.6 Å². The Morgan fingerprint density at radius 2 is 1.52 bits per heavy atom. The molecular formula is C20H16Cl2N2O5. The number of esters is 1. The molecule has 7 nitrogen and oxygen atoms in total. The van der Waals surface area contributed by atoms with Crippen molar-refractivity contribution in [2.45, 2.75) is 0 Å². The number of halogens is 2. The van der Waals surface area contributed by atoms with Crippen molar-refractivity contribution < 1.29 is 23.7 Å². The molecule has 0 aliphatic carbocycles. The second-order valence-corrected chi connectivity index (χ2v) is 6.54. The summed E-state index contributed by atoms with van der Waals surface area (Å²) in [6, 6.07) is 11.4. The van der Waals surface area contributed by atoms with Gasteiger partial charge >= 0.3 is 12.0 Å². The lowest BCUT2D eigenvalue weighted by molar-refractivity contribution is 0.0598. The van der Waals surface area contributed by atoms with Crippen molar-refractivity contribution >= 4 is 29.2 Å². The first-order valence-electron chi connectivity index (χ1n) is 8.28. The van der Waals surface area contributed by atoms with Gasteiger partial charge in [0.25, 0.3) is 0 Å². The predicted octanol–water partition coefficient (Wildman–Crippen LogP) is 5.05. The van der Waals surface area contributed by atoms with Gasteiger partial charge in [0.2, 0.25) is 11.8 Å². The van der Waals surface area contributed by atoms with E-state index in [-0.39, 0.29) is 29.1 Å². The summed E-state index contributed by atoms with van der Waals surface area (Å²) >= 11 is 12.2. The van der Waals surface area contributed by atoms with E-state index in [2.05, 4.69) is 9.97 Å². The summed E-state index contributed by atoms with van der Waals surface area (Å²) < 4.78 is 21.0. The van der Waals surface area contributed by atoms with Crippen molar-refractivity contribution in [1.82, 2.24) is 9.97 Å². The van der Waals surface area contributed by atoms with Gasteiger partial charge in [0.1, 0.15) is 11.3 Å². The van der Waals surface area contributed by atoms with Gasteiger partial charge in [0, 0.05) is 15.6 Å². The summed E-state index contributed by atoms with van der Waals surface area (Å²) in [6.07, 6.45) is 0. The Balaban J connectivity index is 2.14. The lowest BCUT2D eigenvalue weighted by Crippen LogP contribution is -2.07. The molecule has 0 aliphatic rings. The molecule has 0 unspecified atom stereocenters. The summed E-state index contributed by atoms with van der Waals surface area (Å²) in [5, 5.41) is 0.853. The molecule has 0 aliphatic heterocycles. The van der Waals surface area contributed by atoms with Crippen LogP contribution in [-0.4, -0.2) is 37.3 Å². The van der Waals surface area contributed by atoms with E-state index >= 15 is 0 Å². The maximum Gasteiger partial charge on any atom is 0.342 e. The van der Waals surface area contributed by atoms with Gasteiger partial charge in [-0.25, -0.2) is 4.79 Å². The van der Waals surface area contributed by atoms with Gasteiger partial charge in [-0.05, 0) is 29.8 Å². The summed E-state index contributed by atoms with van der Waals surface area (Å²) in [7, 11) is 4.18. The minimum Gasteiger partial charge on any atom is -0.481 e. The second kappa shape index (κ2) is 8.98. The molecule has 0 amide bonds. The highest BCUT2D eigenvalue weighted by Crippen LogP contribution is 2.36. The molecule has 0 saturated heterocycles. The molecule has 0 bridgehead atoms. The first-order chi connectivity index (χ1) is 13.9. The maximum absolute atomic E-state index is 12.6. The zero-order valence-corrected chi connectivity index (χ0v) is 17.2. The number of carbonyl (C=O) groups excluding carboxylic acids is 1. The van der Waals surface area contributed by atoms with Gasteiger partial charge < -0.3 is 18.9 Å². The van der Waals surface area contributed by atoms with Crippen molar-refractivity contribution in [3.05, 3.63) is 58.1 Å². The van der Waals surface area contributed by atoms with Crippen LogP contribution in [0.5, 0.6) is 23.5 Å². The number of nitrogens with zero attached hydrogens (tertiary/aromatic N) is 2. The van der Waals surface area contributed by atoms with Gasteiger partial charge in [0.05, 0.1) is 27.4 Å². The maximum atomic E-state index is 12.6. The Bertz CT molecular complexity index is 1020. The summed E-state index contributed by atoms with van der Waals surface area (Å²) in [4.78, 5) is 20.8. The highest BCUT2D eigenvalue weighted by atomic mass is 35.5. The Hall–Kier alpha value is -3.03. The van der Waals surface area contributed by atoms with Crippen LogP contribution in [0.3, 0.4) is 0 Å². The largest absolute Gasteiger partial charge is 0.481 e. The third-order valence-electron chi connectivity index (χ3n) is 3.87. The van der Waals surface area contributed by atoms with Crippen LogP contribution in [0, 0.1) is 0 Å². The molecule has 0 radical (unpaired) electrons. The molecule has 0 saturated carbocycles. The molecular weight excluding hydrogens is 419 g/mol. The molecule has 29 heavy (non-hydrogen) atoms. The number of hydrogen-bond acceptors (Lipinski definition) is 7. The predicted molar refractivity (Wildman–Crippen MR) is 108 cm³/mol. The first kappa shape index (κ1) is 20.7. The van der Waals surface area contributed by atoms with Crippen LogP contribution in [-0.2, 0) is 4.74 Å². The number of benzene rings is 2. The quantitative estimate of drug-likeness (QED) is 0.502. The van der Waals surface area contributed by atoms with E-state index in [1.165, 1.54) is 27.4 Å². The molecule has 150 valence electrons. The number of hydrogen-bond donors (Lipinski definition) is 0. The van der Waals surface area contributed by atoms with Crippen molar-refractivity contribution in [2.75, 3.05) is 21.3 Å². The van der Waals surface area contributed by atoms with Gasteiger partial charge in [0.15, 0.2) is 0 Å². The molecule has 0 atom stereocenters. The Labute approximate surface area is 177 Å². The molecule has 2 aromatic carbocycles. The lowest BCUT2D eigenvalue weighted by atomic mass is 9.99. The summed E-state index contributed by atoms with van der Waals surface area (Å²) in [5.74, 6) is 0.0517. The van der Waals surface area contributed by atoms with Crippen LogP contribution in [0.15, 0.2) is 42.5 Å². The summed E-state index contributed by atoms with van der Waals surface area (Å²) in [5.41, 5.74) is 1.31. The Kier molecular flexibility index (Phi) is 6.41. The van der Waals surface area contributed by atoms with Gasteiger partial charge in [-0.1, -0.05) is 35.3 Å². The molecule has 0 N–H and O–H groups in total. The van der Waals surface area contributed by atoms with Crippen LogP contribution in [0.25, 0.3) is 11.1 Å². The van der Waals surface area contributed by atoms with Crippen LogP contribution in [0.1, 0.15) is 10.4 Å². The molecule has 0 fully saturated rings. The van der Waals surface area contributed by atoms with E-state index in [4.69, 9.17) is 42.1 Å². The van der Waals surface area contributed by atoms with Gasteiger partial charge in [-0.2, -0.15) is 9.97 Å². The Morgan fingerprint density at radius 1 is 0.897 bits per heavy atom. The minimum absolute atomic E-state index is 0.0624. The topological polar surface area (TPSA) is 79.8 Å². The van der Waals surface area contributed by atoms with Gasteiger partial charge in [-0.15, -0.1) is 0 Å². The SMILES string of the molecule is COC(=O)c1c(Oc2nc(OC)cc(OC)n2)cccc1-c1cc(Cl)cc(Cl)c1. The van der Waals surface area contributed by atoms with Crippen molar-refractivity contribution in [1.29, 1.82) is 0 Å². The highest BCUT2D eigenvalue weighted by Gasteiger charge is 2.21. The fourth-order valence-electron chi connectivity index (χ4n) is 2.62. The fraction of sp³-hybridized carbons (Fsp3) is 0.150. The van der Waals surface area contributed by atoms with E-state index in [9.17, 15) is 4.79 Å². The molecule has 9 heteroatoms. The number of ether oxygens (including phenoxy) is 4. The average molecular weight is 435 g/mol.